The summed E-state index contributed by atoms with van der Waals surface area (Å²) in [4.78, 5) is 2.34. The maximum absolute atomic E-state index is 3.35. The van der Waals surface area contributed by atoms with Crippen molar-refractivity contribution in [3.8, 4) is 0 Å². The molecule has 0 aliphatic rings. The highest BCUT2D eigenvalue weighted by molar-refractivity contribution is 5.63. The van der Waals surface area contributed by atoms with Crippen LogP contribution in [0.2, 0.25) is 0 Å². The fraction of sp³-hybridized carbons (Fsp3) is 0.368. The van der Waals surface area contributed by atoms with Gasteiger partial charge in [0, 0.05) is 24.0 Å². The first-order valence-electron chi connectivity index (χ1n) is 7.81. The van der Waals surface area contributed by atoms with Gasteiger partial charge in [0.2, 0.25) is 0 Å². The van der Waals surface area contributed by atoms with E-state index in [-0.39, 0.29) is 0 Å². The van der Waals surface area contributed by atoms with Crippen molar-refractivity contribution < 1.29 is 0 Å². The zero-order chi connectivity index (χ0) is 15.2. The maximum atomic E-state index is 3.35. The fourth-order valence-corrected chi connectivity index (χ4v) is 2.73. The molecular weight excluding hydrogens is 256 g/mol. The van der Waals surface area contributed by atoms with Gasteiger partial charge >= 0.3 is 0 Å². The van der Waals surface area contributed by atoms with Crippen LogP contribution in [0.3, 0.4) is 0 Å². The monoisotopic (exact) mass is 282 g/mol. The lowest BCUT2D eigenvalue weighted by atomic mass is 10.0. The molecular formula is C19H26N2. The normalized spacial score (nSPS) is 12.2. The van der Waals surface area contributed by atoms with Gasteiger partial charge < -0.3 is 10.2 Å². The minimum atomic E-state index is 0.438. The molecule has 0 amide bonds. The lowest BCUT2D eigenvalue weighted by molar-refractivity contribution is 0.577. The van der Waals surface area contributed by atoms with E-state index in [1.165, 1.54) is 22.5 Å². The van der Waals surface area contributed by atoms with Crippen molar-refractivity contribution in [1.82, 2.24) is 5.32 Å². The fourth-order valence-electron chi connectivity index (χ4n) is 2.73. The Morgan fingerprint density at radius 3 is 1.86 bits per heavy atom. The van der Waals surface area contributed by atoms with Crippen molar-refractivity contribution in [2.75, 3.05) is 18.5 Å². The Hall–Kier alpha value is -1.80. The number of rotatable bonds is 6. The van der Waals surface area contributed by atoms with Crippen LogP contribution in [-0.4, -0.2) is 13.6 Å². The second-order valence-corrected chi connectivity index (χ2v) is 5.42. The first kappa shape index (κ1) is 15.6. The van der Waals surface area contributed by atoms with Crippen molar-refractivity contribution in [2.24, 2.45) is 0 Å². The molecule has 0 spiro atoms. The van der Waals surface area contributed by atoms with Crippen molar-refractivity contribution in [1.29, 1.82) is 0 Å². The predicted molar refractivity (Wildman–Crippen MR) is 92.4 cm³/mol. The topological polar surface area (TPSA) is 15.3 Å². The van der Waals surface area contributed by atoms with Crippen LogP contribution < -0.4 is 10.2 Å². The number of nitrogens with one attached hydrogen (secondary N) is 1. The SMILES string of the molecule is CCC(NC)c1ccc(N(CC)c2ccc(C)cc2)cc1. The summed E-state index contributed by atoms with van der Waals surface area (Å²) in [6.07, 6.45) is 1.10. The molecule has 2 heteroatoms. The van der Waals surface area contributed by atoms with Gasteiger partial charge in [-0.2, -0.15) is 0 Å². The molecule has 0 fully saturated rings. The van der Waals surface area contributed by atoms with Crippen molar-refractivity contribution in [3.63, 3.8) is 0 Å². The minimum Gasteiger partial charge on any atom is -0.342 e. The largest absolute Gasteiger partial charge is 0.342 e. The molecule has 0 saturated carbocycles. The zero-order valence-corrected chi connectivity index (χ0v) is 13.6. The van der Waals surface area contributed by atoms with Crippen molar-refractivity contribution in [2.45, 2.75) is 33.2 Å². The lowest BCUT2D eigenvalue weighted by Crippen LogP contribution is -2.17. The van der Waals surface area contributed by atoms with E-state index in [0.717, 1.165) is 13.0 Å². The van der Waals surface area contributed by atoms with Crippen LogP contribution in [0, 0.1) is 6.92 Å². The van der Waals surface area contributed by atoms with E-state index >= 15 is 0 Å². The van der Waals surface area contributed by atoms with Crippen LogP contribution in [-0.2, 0) is 0 Å². The Balaban J connectivity index is 2.24. The molecule has 0 aromatic heterocycles. The number of hydrogen-bond donors (Lipinski definition) is 1. The molecule has 2 aromatic rings. The van der Waals surface area contributed by atoms with Gasteiger partial charge in [-0.15, -0.1) is 0 Å². The smallest absolute Gasteiger partial charge is 0.0410 e. The molecule has 2 aromatic carbocycles. The summed E-state index contributed by atoms with van der Waals surface area (Å²) < 4.78 is 0. The molecule has 1 unspecified atom stereocenters. The molecule has 1 atom stereocenters. The summed E-state index contributed by atoms with van der Waals surface area (Å²) in [7, 11) is 2.02. The molecule has 0 aliphatic carbocycles. The highest BCUT2D eigenvalue weighted by atomic mass is 15.1. The summed E-state index contributed by atoms with van der Waals surface area (Å²) in [6.45, 7) is 7.49. The molecule has 2 nitrogen and oxygen atoms in total. The average Bonchev–Trinajstić information content (AvgIpc) is 2.52. The molecule has 1 N–H and O–H groups in total. The number of anilines is 2. The van der Waals surface area contributed by atoms with E-state index in [4.69, 9.17) is 0 Å². The third-order valence-corrected chi connectivity index (χ3v) is 4.03. The molecule has 0 radical (unpaired) electrons. The molecule has 112 valence electrons. The first-order chi connectivity index (χ1) is 10.2. The lowest BCUT2D eigenvalue weighted by Gasteiger charge is -2.24. The van der Waals surface area contributed by atoms with E-state index in [1.54, 1.807) is 0 Å². The summed E-state index contributed by atoms with van der Waals surface area (Å²) in [5.74, 6) is 0. The molecule has 0 heterocycles. The summed E-state index contributed by atoms with van der Waals surface area (Å²) >= 11 is 0. The van der Waals surface area contributed by atoms with Gasteiger partial charge in [0.25, 0.3) is 0 Å². The van der Waals surface area contributed by atoms with Crippen LogP contribution in [0.15, 0.2) is 48.5 Å². The van der Waals surface area contributed by atoms with E-state index in [2.05, 4.69) is 79.5 Å². The highest BCUT2D eigenvalue weighted by Crippen LogP contribution is 2.27. The van der Waals surface area contributed by atoms with Crippen LogP contribution in [0.4, 0.5) is 11.4 Å². The summed E-state index contributed by atoms with van der Waals surface area (Å²) in [5, 5.41) is 3.35. The first-order valence-corrected chi connectivity index (χ1v) is 7.81. The van der Waals surface area contributed by atoms with Crippen LogP contribution >= 0.6 is 0 Å². The third kappa shape index (κ3) is 3.64. The number of hydrogen-bond acceptors (Lipinski definition) is 2. The van der Waals surface area contributed by atoms with Crippen LogP contribution in [0.5, 0.6) is 0 Å². The zero-order valence-electron chi connectivity index (χ0n) is 13.6. The summed E-state index contributed by atoms with van der Waals surface area (Å²) in [6, 6.07) is 18.1. The van der Waals surface area contributed by atoms with Gasteiger partial charge in [0.15, 0.2) is 0 Å². The van der Waals surface area contributed by atoms with Gasteiger partial charge in [0.1, 0.15) is 0 Å². The molecule has 0 bridgehead atoms. The quantitative estimate of drug-likeness (QED) is 0.817. The van der Waals surface area contributed by atoms with Gasteiger partial charge in [-0.25, -0.2) is 0 Å². The van der Waals surface area contributed by atoms with Crippen molar-refractivity contribution in [3.05, 3.63) is 59.7 Å². The van der Waals surface area contributed by atoms with Gasteiger partial charge in [-0.3, -0.25) is 0 Å². The second-order valence-electron chi connectivity index (χ2n) is 5.42. The van der Waals surface area contributed by atoms with Crippen LogP contribution in [0.1, 0.15) is 37.4 Å². The Morgan fingerprint density at radius 1 is 0.905 bits per heavy atom. The van der Waals surface area contributed by atoms with Gasteiger partial charge in [-0.1, -0.05) is 36.8 Å². The Kier molecular flexibility index (Phi) is 5.40. The Labute approximate surface area is 128 Å². The molecule has 0 saturated heterocycles. The Bertz CT molecular complexity index is 539. The number of benzene rings is 2. The third-order valence-electron chi connectivity index (χ3n) is 4.03. The van der Waals surface area contributed by atoms with E-state index in [1.807, 2.05) is 7.05 Å². The average molecular weight is 282 g/mol. The van der Waals surface area contributed by atoms with E-state index < -0.39 is 0 Å². The molecule has 21 heavy (non-hydrogen) atoms. The second kappa shape index (κ2) is 7.28. The molecule has 2 rings (SSSR count). The van der Waals surface area contributed by atoms with E-state index in [9.17, 15) is 0 Å². The highest BCUT2D eigenvalue weighted by Gasteiger charge is 2.09. The van der Waals surface area contributed by atoms with E-state index in [0.29, 0.717) is 6.04 Å². The molecule has 0 aliphatic heterocycles. The minimum absolute atomic E-state index is 0.438. The number of nitrogens with zero attached hydrogens (tertiary/aromatic N) is 1. The van der Waals surface area contributed by atoms with Crippen molar-refractivity contribution >= 4 is 11.4 Å². The van der Waals surface area contributed by atoms with Gasteiger partial charge in [-0.05, 0) is 57.1 Å². The van der Waals surface area contributed by atoms with Crippen LogP contribution in [0.25, 0.3) is 0 Å². The number of aryl methyl sites for hydroxylation is 1. The summed E-state index contributed by atoms with van der Waals surface area (Å²) in [5.41, 5.74) is 5.14. The predicted octanol–water partition coefficient (Wildman–Crippen LogP) is 4.82. The standard InChI is InChI=1S/C19H26N2/c1-5-19(20-4)16-9-13-18(14-10-16)21(6-2)17-11-7-15(3)8-12-17/h7-14,19-20H,5-6H2,1-4H3. The maximum Gasteiger partial charge on any atom is 0.0410 e. The Morgan fingerprint density at radius 2 is 1.43 bits per heavy atom. The van der Waals surface area contributed by atoms with Gasteiger partial charge in [0.05, 0.1) is 0 Å².